The number of carboxylic acids is 1. The number of aromatic nitrogens is 1. The maximum Gasteiger partial charge on any atom is 0.335 e. The molecule has 2 aromatic carbocycles. The average Bonchev–Trinajstić information content (AvgIpc) is 3.48. The minimum atomic E-state index is -0.883. The summed E-state index contributed by atoms with van der Waals surface area (Å²) in [6.45, 7) is 4.11. The topological polar surface area (TPSA) is 56.3 Å². The Balaban J connectivity index is 1.49. The number of hydrogen-bond acceptors (Lipinski definition) is 2. The van der Waals surface area contributed by atoms with E-state index in [1.54, 1.807) is 12.1 Å². The lowest BCUT2D eigenvalue weighted by Crippen LogP contribution is -2.36. The van der Waals surface area contributed by atoms with Crippen LogP contribution in [0.15, 0.2) is 42.6 Å². The standard InChI is InChI=1S/C29H32N2O2/c1-3-4-20-12-14-31(27(17-20)22-7-9-23(10-8-22)29(32)33)18-26-24(16-21-5-6-21)15-19(2)28-25(26)11-13-30-28/h1,7-11,13,15,20-21,27,30H,4-6,12,14,16-18H2,2H3,(H,32,33)/t20-,27?/m0/s1. The molecule has 1 saturated carbocycles. The molecule has 1 aliphatic carbocycles. The molecule has 5 rings (SSSR count). The molecular formula is C29H32N2O2. The predicted octanol–water partition coefficient (Wildman–Crippen LogP) is 6.10. The Morgan fingerprint density at radius 2 is 1.97 bits per heavy atom. The van der Waals surface area contributed by atoms with Gasteiger partial charge < -0.3 is 10.1 Å². The van der Waals surface area contributed by atoms with Gasteiger partial charge in [-0.1, -0.05) is 18.2 Å². The minimum absolute atomic E-state index is 0.240. The molecule has 1 saturated heterocycles. The first-order valence-electron chi connectivity index (χ1n) is 12.1. The molecule has 1 aliphatic heterocycles. The van der Waals surface area contributed by atoms with E-state index in [0.29, 0.717) is 11.5 Å². The molecule has 4 nitrogen and oxygen atoms in total. The molecule has 2 fully saturated rings. The third-order valence-corrected chi connectivity index (χ3v) is 7.58. The average molecular weight is 441 g/mol. The number of aryl methyl sites for hydroxylation is 1. The number of rotatable bonds is 7. The van der Waals surface area contributed by atoms with Gasteiger partial charge in [0.1, 0.15) is 0 Å². The quantitative estimate of drug-likeness (QED) is 0.436. The molecule has 4 heteroatoms. The van der Waals surface area contributed by atoms with Gasteiger partial charge in [0.25, 0.3) is 0 Å². The Labute approximate surface area is 196 Å². The van der Waals surface area contributed by atoms with Crippen molar-refractivity contribution in [1.82, 2.24) is 9.88 Å². The summed E-state index contributed by atoms with van der Waals surface area (Å²) in [4.78, 5) is 17.4. The molecule has 170 valence electrons. The van der Waals surface area contributed by atoms with E-state index in [2.05, 4.69) is 41.1 Å². The number of nitrogens with one attached hydrogen (secondary N) is 1. The van der Waals surface area contributed by atoms with Crippen LogP contribution in [0.25, 0.3) is 10.9 Å². The maximum absolute atomic E-state index is 11.4. The first-order valence-corrected chi connectivity index (χ1v) is 12.1. The van der Waals surface area contributed by atoms with Gasteiger partial charge in [0, 0.05) is 36.1 Å². The molecule has 33 heavy (non-hydrogen) atoms. The summed E-state index contributed by atoms with van der Waals surface area (Å²) >= 11 is 0. The second-order valence-corrected chi connectivity index (χ2v) is 9.96. The molecular weight excluding hydrogens is 408 g/mol. The highest BCUT2D eigenvalue weighted by atomic mass is 16.4. The van der Waals surface area contributed by atoms with E-state index in [-0.39, 0.29) is 6.04 Å². The number of carboxylic acid groups (broad SMARTS) is 1. The van der Waals surface area contributed by atoms with Crippen molar-refractivity contribution in [3.05, 3.63) is 70.4 Å². The van der Waals surface area contributed by atoms with Crippen LogP contribution < -0.4 is 0 Å². The Morgan fingerprint density at radius 3 is 2.67 bits per heavy atom. The number of carbonyl (C=O) groups is 1. The Bertz CT molecular complexity index is 1200. The fourth-order valence-corrected chi connectivity index (χ4v) is 5.57. The Hall–Kier alpha value is -3.03. The number of nitrogens with zero attached hydrogens (tertiary/aromatic N) is 1. The zero-order valence-corrected chi connectivity index (χ0v) is 19.3. The van der Waals surface area contributed by atoms with E-state index < -0.39 is 5.97 Å². The fraction of sp³-hybridized carbons (Fsp3) is 0.414. The summed E-state index contributed by atoms with van der Waals surface area (Å²) in [6, 6.07) is 12.3. The number of aromatic amines is 1. The van der Waals surface area contributed by atoms with Crippen LogP contribution in [0.2, 0.25) is 0 Å². The third kappa shape index (κ3) is 4.56. The van der Waals surface area contributed by atoms with Crippen molar-refractivity contribution >= 4 is 16.9 Å². The number of aromatic carboxylic acids is 1. The molecule has 2 heterocycles. The van der Waals surface area contributed by atoms with E-state index in [4.69, 9.17) is 6.42 Å². The lowest BCUT2D eigenvalue weighted by molar-refractivity contribution is 0.0696. The van der Waals surface area contributed by atoms with Crippen LogP contribution in [-0.4, -0.2) is 27.5 Å². The van der Waals surface area contributed by atoms with Gasteiger partial charge in [0.2, 0.25) is 0 Å². The molecule has 2 aliphatic rings. The minimum Gasteiger partial charge on any atom is -0.478 e. The van der Waals surface area contributed by atoms with Gasteiger partial charge in [-0.2, -0.15) is 0 Å². The number of hydrogen-bond donors (Lipinski definition) is 2. The lowest BCUT2D eigenvalue weighted by atomic mass is 9.84. The summed E-state index contributed by atoms with van der Waals surface area (Å²) in [5.41, 5.74) is 7.03. The van der Waals surface area contributed by atoms with Crippen LogP contribution in [0.3, 0.4) is 0 Å². The second-order valence-electron chi connectivity index (χ2n) is 9.96. The monoisotopic (exact) mass is 440 g/mol. The van der Waals surface area contributed by atoms with Crippen LogP contribution in [-0.2, 0) is 13.0 Å². The summed E-state index contributed by atoms with van der Waals surface area (Å²) < 4.78 is 0. The highest BCUT2D eigenvalue weighted by Crippen LogP contribution is 2.40. The normalized spacial score (nSPS) is 21.2. The summed E-state index contributed by atoms with van der Waals surface area (Å²) in [5, 5.41) is 10.7. The number of piperidine rings is 1. The molecule has 0 amide bonds. The van der Waals surface area contributed by atoms with E-state index in [1.165, 1.54) is 52.4 Å². The first-order chi connectivity index (χ1) is 16.0. The number of likely N-dealkylation sites (tertiary alicyclic amines) is 1. The van der Waals surface area contributed by atoms with Crippen LogP contribution in [0.5, 0.6) is 0 Å². The highest BCUT2D eigenvalue weighted by Gasteiger charge is 2.31. The Kier molecular flexibility index (Phi) is 6.00. The van der Waals surface area contributed by atoms with Crippen molar-refractivity contribution in [3.8, 4) is 12.3 Å². The van der Waals surface area contributed by atoms with E-state index in [1.807, 2.05) is 12.1 Å². The van der Waals surface area contributed by atoms with Gasteiger partial charge >= 0.3 is 5.97 Å². The van der Waals surface area contributed by atoms with Gasteiger partial charge in [-0.05, 0) is 97.9 Å². The molecule has 0 spiro atoms. The maximum atomic E-state index is 11.4. The Morgan fingerprint density at radius 1 is 1.18 bits per heavy atom. The predicted molar refractivity (Wildman–Crippen MR) is 132 cm³/mol. The van der Waals surface area contributed by atoms with Crippen LogP contribution in [0.1, 0.15) is 70.8 Å². The van der Waals surface area contributed by atoms with Crippen LogP contribution in [0.4, 0.5) is 0 Å². The van der Waals surface area contributed by atoms with Crippen molar-refractivity contribution in [1.29, 1.82) is 0 Å². The largest absolute Gasteiger partial charge is 0.478 e. The van der Waals surface area contributed by atoms with Gasteiger partial charge in [-0.15, -0.1) is 12.3 Å². The van der Waals surface area contributed by atoms with E-state index in [9.17, 15) is 9.90 Å². The first kappa shape index (κ1) is 21.8. The summed E-state index contributed by atoms with van der Waals surface area (Å²) in [6.07, 6.45) is 14.5. The number of H-pyrrole nitrogens is 1. The van der Waals surface area contributed by atoms with Crippen LogP contribution >= 0.6 is 0 Å². The zero-order chi connectivity index (χ0) is 22.9. The summed E-state index contributed by atoms with van der Waals surface area (Å²) in [5.74, 6) is 3.32. The molecule has 0 radical (unpaired) electrons. The van der Waals surface area contributed by atoms with E-state index >= 15 is 0 Å². The van der Waals surface area contributed by atoms with Crippen molar-refractivity contribution in [3.63, 3.8) is 0 Å². The van der Waals surface area contributed by atoms with Gasteiger partial charge in [0.05, 0.1) is 5.56 Å². The fourth-order valence-electron chi connectivity index (χ4n) is 5.57. The van der Waals surface area contributed by atoms with Crippen LogP contribution in [0, 0.1) is 31.1 Å². The van der Waals surface area contributed by atoms with Crippen molar-refractivity contribution in [2.24, 2.45) is 11.8 Å². The van der Waals surface area contributed by atoms with Gasteiger partial charge in [0.15, 0.2) is 0 Å². The number of terminal acetylenes is 1. The number of fused-ring (bicyclic) bond motifs is 1. The molecule has 1 unspecified atom stereocenters. The van der Waals surface area contributed by atoms with Gasteiger partial charge in [-0.3, -0.25) is 4.90 Å². The second kappa shape index (κ2) is 9.08. The van der Waals surface area contributed by atoms with Crippen molar-refractivity contribution < 1.29 is 9.90 Å². The zero-order valence-electron chi connectivity index (χ0n) is 19.3. The molecule has 0 bridgehead atoms. The molecule has 3 aromatic rings. The van der Waals surface area contributed by atoms with Crippen molar-refractivity contribution in [2.45, 2.75) is 58.0 Å². The molecule has 2 N–H and O–H groups in total. The molecule has 1 aromatic heterocycles. The number of benzene rings is 2. The highest BCUT2D eigenvalue weighted by molar-refractivity contribution is 5.88. The summed E-state index contributed by atoms with van der Waals surface area (Å²) in [7, 11) is 0. The molecule has 2 atom stereocenters. The van der Waals surface area contributed by atoms with Gasteiger partial charge in [-0.25, -0.2) is 4.79 Å². The lowest BCUT2D eigenvalue weighted by Gasteiger charge is -2.40. The van der Waals surface area contributed by atoms with E-state index in [0.717, 1.165) is 38.3 Å². The third-order valence-electron chi connectivity index (χ3n) is 7.58. The smallest absolute Gasteiger partial charge is 0.335 e. The SMILES string of the molecule is C#CC[C@H]1CCN(Cc2c(CC3CC3)cc(C)c3[nH]ccc23)C(c2ccc(C(=O)O)cc2)C1. The van der Waals surface area contributed by atoms with Crippen molar-refractivity contribution in [2.75, 3.05) is 6.54 Å².